The van der Waals surface area contributed by atoms with Crippen molar-refractivity contribution in [2.75, 3.05) is 52.4 Å². The zero-order chi connectivity index (χ0) is 14.4. The SMILES string of the molecule is CCCN1CCN(C(CN)CC(=O)N2CCCC2)CC1. The van der Waals surface area contributed by atoms with E-state index in [1.807, 2.05) is 4.90 Å². The molecule has 1 atom stereocenters. The Bertz CT molecular complexity index is 296. The van der Waals surface area contributed by atoms with Crippen LogP contribution in [0.1, 0.15) is 32.6 Å². The molecule has 20 heavy (non-hydrogen) atoms. The Morgan fingerprint density at radius 3 is 2.30 bits per heavy atom. The van der Waals surface area contributed by atoms with Gasteiger partial charge in [-0.25, -0.2) is 0 Å². The van der Waals surface area contributed by atoms with Gasteiger partial charge >= 0.3 is 0 Å². The first-order valence-corrected chi connectivity index (χ1v) is 8.18. The number of piperazine rings is 1. The van der Waals surface area contributed by atoms with Crippen molar-refractivity contribution in [3.05, 3.63) is 0 Å². The van der Waals surface area contributed by atoms with Crippen LogP contribution in [0.15, 0.2) is 0 Å². The lowest BCUT2D eigenvalue weighted by Crippen LogP contribution is -2.53. The molecule has 2 N–H and O–H groups in total. The summed E-state index contributed by atoms with van der Waals surface area (Å²) in [6.07, 6.45) is 4.14. The molecule has 2 aliphatic heterocycles. The molecule has 1 unspecified atom stereocenters. The van der Waals surface area contributed by atoms with E-state index in [4.69, 9.17) is 5.73 Å². The van der Waals surface area contributed by atoms with Gasteiger partial charge in [0.25, 0.3) is 0 Å². The number of hydrogen-bond donors (Lipinski definition) is 1. The van der Waals surface area contributed by atoms with E-state index in [0.29, 0.717) is 18.9 Å². The molecule has 0 radical (unpaired) electrons. The predicted molar refractivity (Wildman–Crippen MR) is 81.6 cm³/mol. The van der Waals surface area contributed by atoms with E-state index in [2.05, 4.69) is 16.7 Å². The standard InChI is InChI=1S/C15H30N4O/c1-2-5-17-8-10-18(11-9-17)14(13-16)12-15(20)19-6-3-4-7-19/h14H,2-13,16H2,1H3. The lowest BCUT2D eigenvalue weighted by atomic mass is 10.1. The maximum absolute atomic E-state index is 12.3. The minimum atomic E-state index is 0.229. The molecule has 2 aliphatic rings. The Hall–Kier alpha value is -0.650. The maximum atomic E-state index is 12.3. The molecule has 0 aromatic carbocycles. The van der Waals surface area contributed by atoms with E-state index in [-0.39, 0.29) is 6.04 Å². The summed E-state index contributed by atoms with van der Waals surface area (Å²) in [6.45, 7) is 10.2. The van der Waals surface area contributed by atoms with Crippen molar-refractivity contribution in [1.82, 2.24) is 14.7 Å². The van der Waals surface area contributed by atoms with Crippen molar-refractivity contribution in [1.29, 1.82) is 0 Å². The Morgan fingerprint density at radius 2 is 1.75 bits per heavy atom. The number of carbonyl (C=O) groups is 1. The van der Waals surface area contributed by atoms with Gasteiger partial charge in [-0.15, -0.1) is 0 Å². The molecule has 116 valence electrons. The smallest absolute Gasteiger partial charge is 0.224 e. The third kappa shape index (κ3) is 4.17. The molecular weight excluding hydrogens is 252 g/mol. The van der Waals surface area contributed by atoms with Crippen LogP contribution in [0.4, 0.5) is 0 Å². The lowest BCUT2D eigenvalue weighted by molar-refractivity contribution is -0.131. The van der Waals surface area contributed by atoms with Gasteiger partial charge in [-0.05, 0) is 25.8 Å². The number of nitrogens with zero attached hydrogens (tertiary/aromatic N) is 3. The first-order chi connectivity index (χ1) is 9.74. The van der Waals surface area contributed by atoms with Crippen molar-refractivity contribution in [2.45, 2.75) is 38.6 Å². The lowest BCUT2D eigenvalue weighted by Gasteiger charge is -2.39. The summed E-state index contributed by atoms with van der Waals surface area (Å²) in [6, 6.07) is 0.229. The van der Waals surface area contributed by atoms with Gasteiger partial charge in [0.1, 0.15) is 0 Å². The second kappa shape index (κ2) is 7.96. The van der Waals surface area contributed by atoms with E-state index < -0.39 is 0 Å². The van der Waals surface area contributed by atoms with Crippen LogP contribution >= 0.6 is 0 Å². The molecular formula is C15H30N4O. The minimum absolute atomic E-state index is 0.229. The molecule has 0 spiro atoms. The number of nitrogens with two attached hydrogens (primary N) is 1. The highest BCUT2D eigenvalue weighted by Gasteiger charge is 2.27. The van der Waals surface area contributed by atoms with Gasteiger partial charge in [0, 0.05) is 58.3 Å². The average molecular weight is 282 g/mol. The number of hydrogen-bond acceptors (Lipinski definition) is 4. The van der Waals surface area contributed by atoms with Crippen LogP contribution in [0.3, 0.4) is 0 Å². The zero-order valence-electron chi connectivity index (χ0n) is 12.9. The van der Waals surface area contributed by atoms with Gasteiger partial charge in [-0.1, -0.05) is 6.92 Å². The first kappa shape index (κ1) is 15.7. The quantitative estimate of drug-likeness (QED) is 0.764. The van der Waals surface area contributed by atoms with Crippen molar-refractivity contribution < 1.29 is 4.79 Å². The topological polar surface area (TPSA) is 52.8 Å². The highest BCUT2D eigenvalue weighted by atomic mass is 16.2. The van der Waals surface area contributed by atoms with Crippen LogP contribution in [0.2, 0.25) is 0 Å². The number of carbonyl (C=O) groups excluding carboxylic acids is 1. The Labute approximate surface area is 123 Å². The summed E-state index contributed by atoms with van der Waals surface area (Å²) in [5, 5.41) is 0. The predicted octanol–water partition coefficient (Wildman–Crippen LogP) is 0.354. The van der Waals surface area contributed by atoms with E-state index >= 15 is 0 Å². The van der Waals surface area contributed by atoms with E-state index in [0.717, 1.165) is 52.1 Å². The summed E-state index contributed by atoms with van der Waals surface area (Å²) in [5.41, 5.74) is 5.92. The molecule has 5 heteroatoms. The summed E-state index contributed by atoms with van der Waals surface area (Å²) >= 11 is 0. The maximum Gasteiger partial charge on any atom is 0.224 e. The Balaban J connectivity index is 1.78. The summed E-state index contributed by atoms with van der Waals surface area (Å²) in [7, 11) is 0. The van der Waals surface area contributed by atoms with E-state index in [1.54, 1.807) is 0 Å². The highest BCUT2D eigenvalue weighted by molar-refractivity contribution is 5.77. The molecule has 0 bridgehead atoms. The molecule has 2 rings (SSSR count). The third-order valence-electron chi connectivity index (χ3n) is 4.60. The largest absolute Gasteiger partial charge is 0.343 e. The molecule has 2 saturated heterocycles. The molecule has 0 aromatic rings. The van der Waals surface area contributed by atoms with Crippen molar-refractivity contribution in [2.24, 2.45) is 5.73 Å². The van der Waals surface area contributed by atoms with Gasteiger partial charge in [0.15, 0.2) is 0 Å². The van der Waals surface area contributed by atoms with Crippen LogP contribution in [-0.4, -0.2) is 79.0 Å². The normalized spacial score (nSPS) is 23.2. The van der Waals surface area contributed by atoms with E-state index in [9.17, 15) is 4.79 Å². The molecule has 0 aliphatic carbocycles. The number of likely N-dealkylation sites (tertiary alicyclic amines) is 1. The van der Waals surface area contributed by atoms with Crippen LogP contribution < -0.4 is 5.73 Å². The second-order valence-electron chi connectivity index (χ2n) is 6.06. The Morgan fingerprint density at radius 1 is 1.10 bits per heavy atom. The van der Waals surface area contributed by atoms with Gasteiger partial charge < -0.3 is 15.5 Å². The molecule has 1 amide bonds. The monoisotopic (exact) mass is 282 g/mol. The van der Waals surface area contributed by atoms with Crippen LogP contribution in [0, 0.1) is 0 Å². The number of rotatable bonds is 6. The van der Waals surface area contributed by atoms with Crippen LogP contribution in [0.25, 0.3) is 0 Å². The average Bonchev–Trinajstić information content (AvgIpc) is 3.00. The van der Waals surface area contributed by atoms with E-state index in [1.165, 1.54) is 13.0 Å². The zero-order valence-corrected chi connectivity index (χ0v) is 12.9. The first-order valence-electron chi connectivity index (χ1n) is 8.18. The van der Waals surface area contributed by atoms with Crippen molar-refractivity contribution in [3.8, 4) is 0 Å². The molecule has 2 heterocycles. The van der Waals surface area contributed by atoms with Gasteiger partial charge in [0.2, 0.25) is 5.91 Å². The summed E-state index contributed by atoms with van der Waals surface area (Å²) in [5.74, 6) is 0.300. The third-order valence-corrected chi connectivity index (χ3v) is 4.60. The van der Waals surface area contributed by atoms with Gasteiger partial charge in [-0.3, -0.25) is 9.69 Å². The highest BCUT2D eigenvalue weighted by Crippen LogP contribution is 2.14. The van der Waals surface area contributed by atoms with Crippen molar-refractivity contribution >= 4 is 5.91 Å². The van der Waals surface area contributed by atoms with Gasteiger partial charge in [-0.2, -0.15) is 0 Å². The minimum Gasteiger partial charge on any atom is -0.343 e. The van der Waals surface area contributed by atoms with Gasteiger partial charge in [0.05, 0.1) is 0 Å². The fourth-order valence-electron chi connectivity index (χ4n) is 3.33. The molecule has 0 aromatic heterocycles. The van der Waals surface area contributed by atoms with Crippen LogP contribution in [0.5, 0.6) is 0 Å². The fraction of sp³-hybridized carbons (Fsp3) is 0.933. The van der Waals surface area contributed by atoms with Crippen molar-refractivity contribution in [3.63, 3.8) is 0 Å². The van der Waals surface area contributed by atoms with Crippen LogP contribution in [-0.2, 0) is 4.79 Å². The second-order valence-corrected chi connectivity index (χ2v) is 6.06. The molecule has 0 saturated carbocycles. The molecule has 5 nitrogen and oxygen atoms in total. The summed E-state index contributed by atoms with van der Waals surface area (Å²) in [4.78, 5) is 19.2. The summed E-state index contributed by atoms with van der Waals surface area (Å²) < 4.78 is 0. The molecule has 2 fully saturated rings. The fourth-order valence-corrected chi connectivity index (χ4v) is 3.33. The Kier molecular flexibility index (Phi) is 6.26. The number of amides is 1.